The molecule has 2 aromatic heterocycles. The molecule has 0 atom stereocenters. The summed E-state index contributed by atoms with van der Waals surface area (Å²) in [5, 5.41) is 4.89. The number of anilines is 3. The molecule has 0 aliphatic rings. The van der Waals surface area contributed by atoms with Crippen LogP contribution in [0.1, 0.15) is 0 Å². The van der Waals surface area contributed by atoms with Gasteiger partial charge in [0.2, 0.25) is 0 Å². The quantitative estimate of drug-likeness (QED) is 0.177. The van der Waals surface area contributed by atoms with E-state index in [1.165, 1.54) is 21.5 Å². The number of fused-ring (bicyclic) bond motifs is 6. The minimum absolute atomic E-state index is 0.846. The summed E-state index contributed by atoms with van der Waals surface area (Å²) >= 11 is 0. The Morgan fingerprint density at radius 1 is 0.385 bits per heavy atom. The van der Waals surface area contributed by atoms with E-state index in [1.807, 2.05) is 12.1 Å². The summed E-state index contributed by atoms with van der Waals surface area (Å²) < 4.78 is 2.39. The molecule has 10 rings (SSSR count). The maximum absolute atomic E-state index is 5.34. The summed E-state index contributed by atoms with van der Waals surface area (Å²) in [5.41, 5.74) is 12.1. The Hall–Kier alpha value is -7.04. The Morgan fingerprint density at radius 2 is 0.962 bits per heavy atom. The number of para-hydroxylation sites is 2. The van der Waals surface area contributed by atoms with Gasteiger partial charge < -0.3 is 9.47 Å². The Morgan fingerprint density at radius 3 is 1.62 bits per heavy atom. The normalized spacial score (nSPS) is 11.5. The standard InChI is InChI=1S/C48H32N4/c1-5-16-34(17-6-1)47-48(35-18-7-2-8-19-35)50-43-31-38(27-29-42(43)49-47)52-44-30-25-33-15-13-14-24-40(33)46(44)41-28-26-39(32-45(41)52)51(36-20-9-3-10-21-36)37-22-11-4-12-23-37/h1-32H. The molecule has 0 unspecified atom stereocenters. The average Bonchev–Trinajstić information content (AvgIpc) is 3.56. The van der Waals surface area contributed by atoms with Crippen LogP contribution in [0.25, 0.3) is 71.8 Å². The van der Waals surface area contributed by atoms with Gasteiger partial charge in [-0.25, -0.2) is 9.97 Å². The molecule has 0 saturated heterocycles. The van der Waals surface area contributed by atoms with Crippen LogP contribution in [0, 0.1) is 0 Å². The summed E-state index contributed by atoms with van der Waals surface area (Å²) in [4.78, 5) is 12.9. The van der Waals surface area contributed by atoms with Crippen LogP contribution in [0.3, 0.4) is 0 Å². The number of aromatic nitrogens is 3. The van der Waals surface area contributed by atoms with E-state index in [1.54, 1.807) is 0 Å². The molecule has 52 heavy (non-hydrogen) atoms. The summed E-state index contributed by atoms with van der Waals surface area (Å²) in [5.74, 6) is 0. The third-order valence-corrected chi connectivity index (χ3v) is 9.93. The summed E-state index contributed by atoms with van der Waals surface area (Å²) in [6, 6.07) is 68.4. The molecule has 10 aromatic rings. The molecule has 0 N–H and O–H groups in total. The van der Waals surface area contributed by atoms with Crippen molar-refractivity contribution in [2.24, 2.45) is 0 Å². The predicted molar refractivity (Wildman–Crippen MR) is 217 cm³/mol. The molecular weight excluding hydrogens is 633 g/mol. The second kappa shape index (κ2) is 12.4. The lowest BCUT2D eigenvalue weighted by Gasteiger charge is -2.25. The highest BCUT2D eigenvalue weighted by atomic mass is 15.1. The molecule has 2 heterocycles. The van der Waals surface area contributed by atoms with Crippen LogP contribution in [-0.4, -0.2) is 14.5 Å². The number of hydrogen-bond acceptors (Lipinski definition) is 3. The second-order valence-electron chi connectivity index (χ2n) is 13.1. The van der Waals surface area contributed by atoms with Crippen LogP contribution >= 0.6 is 0 Å². The Kier molecular flexibility index (Phi) is 7.10. The Labute approximate surface area is 301 Å². The molecule has 0 aliphatic heterocycles. The Balaban J connectivity index is 1.24. The minimum Gasteiger partial charge on any atom is -0.310 e. The number of rotatable bonds is 6. The second-order valence-corrected chi connectivity index (χ2v) is 13.1. The van der Waals surface area contributed by atoms with E-state index in [0.717, 1.165) is 67.3 Å². The SMILES string of the molecule is c1ccc(-c2nc3ccc(-n4c5cc(N(c6ccccc6)c6ccccc6)ccc5c5c6ccccc6ccc54)cc3nc2-c2ccccc2)cc1. The smallest absolute Gasteiger partial charge is 0.0973 e. The van der Waals surface area contributed by atoms with Crippen molar-refractivity contribution in [3.05, 3.63) is 194 Å². The van der Waals surface area contributed by atoms with Crippen molar-refractivity contribution in [3.63, 3.8) is 0 Å². The van der Waals surface area contributed by atoms with E-state index in [9.17, 15) is 0 Å². The van der Waals surface area contributed by atoms with Gasteiger partial charge in [0, 0.05) is 44.6 Å². The van der Waals surface area contributed by atoms with Gasteiger partial charge in [0.15, 0.2) is 0 Å². The highest BCUT2D eigenvalue weighted by Crippen LogP contribution is 2.42. The maximum Gasteiger partial charge on any atom is 0.0973 e. The largest absolute Gasteiger partial charge is 0.310 e. The van der Waals surface area contributed by atoms with Gasteiger partial charge in [-0.1, -0.05) is 133 Å². The highest BCUT2D eigenvalue weighted by molar-refractivity contribution is 6.21. The van der Waals surface area contributed by atoms with Gasteiger partial charge in [0.25, 0.3) is 0 Å². The first-order chi connectivity index (χ1) is 25.8. The molecule has 244 valence electrons. The van der Waals surface area contributed by atoms with Gasteiger partial charge in [-0.15, -0.1) is 0 Å². The van der Waals surface area contributed by atoms with Gasteiger partial charge in [-0.2, -0.15) is 0 Å². The molecule has 0 aliphatic carbocycles. The lowest BCUT2D eigenvalue weighted by atomic mass is 10.0. The van der Waals surface area contributed by atoms with E-state index in [0.29, 0.717) is 0 Å². The van der Waals surface area contributed by atoms with Gasteiger partial charge in [0.05, 0.1) is 33.5 Å². The first kappa shape index (κ1) is 29.8. The van der Waals surface area contributed by atoms with Gasteiger partial charge in [-0.05, 0) is 71.4 Å². The molecule has 0 saturated carbocycles. The molecule has 0 bridgehead atoms. The van der Waals surface area contributed by atoms with Crippen LogP contribution in [-0.2, 0) is 0 Å². The van der Waals surface area contributed by atoms with E-state index in [-0.39, 0.29) is 0 Å². The number of nitrogens with zero attached hydrogens (tertiary/aromatic N) is 4. The molecule has 4 nitrogen and oxygen atoms in total. The Bertz CT molecular complexity index is 2840. The van der Waals surface area contributed by atoms with Crippen LogP contribution in [0.2, 0.25) is 0 Å². The fourth-order valence-corrected chi connectivity index (χ4v) is 7.57. The molecular formula is C48H32N4. The van der Waals surface area contributed by atoms with E-state index < -0.39 is 0 Å². The van der Waals surface area contributed by atoms with Crippen molar-refractivity contribution in [3.8, 4) is 28.2 Å². The lowest BCUT2D eigenvalue weighted by molar-refractivity contribution is 1.17. The van der Waals surface area contributed by atoms with Crippen molar-refractivity contribution in [1.29, 1.82) is 0 Å². The topological polar surface area (TPSA) is 34.0 Å². The maximum atomic E-state index is 5.34. The first-order valence-electron chi connectivity index (χ1n) is 17.6. The van der Waals surface area contributed by atoms with Crippen molar-refractivity contribution >= 4 is 60.7 Å². The van der Waals surface area contributed by atoms with Crippen LogP contribution in [0.15, 0.2) is 194 Å². The molecule has 0 amide bonds. The number of hydrogen-bond donors (Lipinski definition) is 0. The summed E-state index contributed by atoms with van der Waals surface area (Å²) in [6.45, 7) is 0. The van der Waals surface area contributed by atoms with Crippen LogP contribution in [0.4, 0.5) is 17.1 Å². The molecule has 0 radical (unpaired) electrons. The van der Waals surface area contributed by atoms with Crippen LogP contribution < -0.4 is 4.90 Å². The summed E-state index contributed by atoms with van der Waals surface area (Å²) in [6.07, 6.45) is 0. The molecule has 4 heteroatoms. The van der Waals surface area contributed by atoms with E-state index in [4.69, 9.17) is 9.97 Å². The third-order valence-electron chi connectivity index (χ3n) is 9.93. The predicted octanol–water partition coefficient (Wildman–Crippen LogP) is 12.7. The van der Waals surface area contributed by atoms with Gasteiger partial charge in [-0.3, -0.25) is 0 Å². The fourth-order valence-electron chi connectivity index (χ4n) is 7.57. The van der Waals surface area contributed by atoms with Gasteiger partial charge in [0.1, 0.15) is 0 Å². The average molecular weight is 665 g/mol. The monoisotopic (exact) mass is 664 g/mol. The number of benzene rings is 8. The minimum atomic E-state index is 0.846. The highest BCUT2D eigenvalue weighted by Gasteiger charge is 2.20. The summed E-state index contributed by atoms with van der Waals surface area (Å²) in [7, 11) is 0. The van der Waals surface area contributed by atoms with Gasteiger partial charge >= 0.3 is 0 Å². The molecule has 0 spiro atoms. The fraction of sp³-hybridized carbons (Fsp3) is 0. The zero-order chi connectivity index (χ0) is 34.4. The van der Waals surface area contributed by atoms with Crippen molar-refractivity contribution in [1.82, 2.24) is 14.5 Å². The zero-order valence-electron chi connectivity index (χ0n) is 28.3. The van der Waals surface area contributed by atoms with E-state index >= 15 is 0 Å². The van der Waals surface area contributed by atoms with Crippen molar-refractivity contribution in [2.45, 2.75) is 0 Å². The van der Waals surface area contributed by atoms with Crippen molar-refractivity contribution in [2.75, 3.05) is 4.90 Å². The zero-order valence-corrected chi connectivity index (χ0v) is 28.3. The van der Waals surface area contributed by atoms with Crippen LogP contribution in [0.5, 0.6) is 0 Å². The third kappa shape index (κ3) is 5.00. The lowest BCUT2D eigenvalue weighted by Crippen LogP contribution is -2.09. The molecule has 0 fully saturated rings. The van der Waals surface area contributed by atoms with Crippen molar-refractivity contribution < 1.29 is 0 Å². The van der Waals surface area contributed by atoms with E-state index in [2.05, 4.69) is 191 Å². The first-order valence-corrected chi connectivity index (χ1v) is 17.6. The molecule has 8 aromatic carbocycles.